The normalized spacial score (nSPS) is 8.90. The molecule has 2 aromatic rings. The van der Waals surface area contributed by atoms with Crippen molar-refractivity contribution in [2.24, 2.45) is 0 Å². The molecule has 0 aliphatic rings. The number of anilines is 1. The molecule has 1 N–H and O–H groups in total. The predicted molar refractivity (Wildman–Crippen MR) is 82.2 cm³/mol. The van der Waals surface area contributed by atoms with Crippen LogP contribution < -0.4 is 5.32 Å². The van der Waals surface area contributed by atoms with E-state index in [0.29, 0.717) is 11.3 Å². The Morgan fingerprint density at radius 2 is 1.70 bits per heavy atom. The lowest BCUT2D eigenvalue weighted by atomic mass is 10.0. The van der Waals surface area contributed by atoms with Crippen LogP contribution in [0, 0.1) is 11.3 Å². The van der Waals surface area contributed by atoms with E-state index in [0.717, 1.165) is 11.1 Å². The van der Waals surface area contributed by atoms with Crippen molar-refractivity contribution in [2.75, 3.05) is 5.32 Å². The van der Waals surface area contributed by atoms with Crippen molar-refractivity contribution >= 4 is 11.6 Å². The minimum Gasteiger partial charge on any atom is -0.325 e. The average Bonchev–Trinajstić information content (AvgIpc) is 2.49. The number of hydrogen-bond acceptors (Lipinski definition) is 2. The number of carbonyl (C=O) groups is 1. The Kier molecular flexibility index (Phi) is 5.99. The summed E-state index contributed by atoms with van der Waals surface area (Å²) in [6, 6.07) is 17.3. The van der Waals surface area contributed by atoms with Crippen LogP contribution in [0.25, 0.3) is 11.1 Å². The Morgan fingerprint density at radius 3 is 2.25 bits per heavy atom. The number of hydrogen-bond donors (Lipinski definition) is 1. The van der Waals surface area contributed by atoms with Gasteiger partial charge in [-0.05, 0) is 23.3 Å². The van der Waals surface area contributed by atoms with Gasteiger partial charge in [0, 0.05) is 6.92 Å². The van der Waals surface area contributed by atoms with Gasteiger partial charge in [0.2, 0.25) is 5.91 Å². The first-order valence-corrected chi connectivity index (χ1v) is 6.58. The van der Waals surface area contributed by atoms with Crippen LogP contribution >= 0.6 is 0 Å². The Balaban J connectivity index is 0.000000956. The Hall–Kier alpha value is -2.60. The zero-order chi connectivity index (χ0) is 15.0. The van der Waals surface area contributed by atoms with Crippen LogP contribution in [0.3, 0.4) is 0 Å². The third-order valence-electron chi connectivity index (χ3n) is 2.56. The van der Waals surface area contributed by atoms with Crippen LogP contribution in [0.5, 0.6) is 0 Å². The van der Waals surface area contributed by atoms with Gasteiger partial charge in [-0.1, -0.05) is 50.2 Å². The summed E-state index contributed by atoms with van der Waals surface area (Å²) in [6.45, 7) is 5.43. The Bertz CT molecular complexity index is 613. The van der Waals surface area contributed by atoms with Crippen LogP contribution in [0.4, 0.5) is 5.69 Å². The van der Waals surface area contributed by atoms with Gasteiger partial charge < -0.3 is 5.32 Å². The molecule has 0 unspecified atom stereocenters. The summed E-state index contributed by atoms with van der Waals surface area (Å²) < 4.78 is 0. The molecule has 0 saturated carbocycles. The predicted octanol–water partition coefficient (Wildman–Crippen LogP) is 4.21. The number of benzene rings is 2. The van der Waals surface area contributed by atoms with Gasteiger partial charge in [0.1, 0.15) is 6.07 Å². The van der Waals surface area contributed by atoms with E-state index in [-0.39, 0.29) is 5.91 Å². The highest BCUT2D eigenvalue weighted by atomic mass is 16.1. The zero-order valence-electron chi connectivity index (χ0n) is 12.0. The number of nitriles is 1. The summed E-state index contributed by atoms with van der Waals surface area (Å²) in [5.41, 5.74) is 3.03. The van der Waals surface area contributed by atoms with E-state index in [9.17, 15) is 4.79 Å². The molecule has 0 aromatic heterocycles. The van der Waals surface area contributed by atoms with E-state index >= 15 is 0 Å². The van der Waals surface area contributed by atoms with Gasteiger partial charge in [0.05, 0.1) is 11.3 Å². The lowest BCUT2D eigenvalue weighted by Gasteiger charge is -2.08. The molecule has 0 atom stereocenters. The first kappa shape index (κ1) is 15.5. The van der Waals surface area contributed by atoms with Crippen molar-refractivity contribution in [2.45, 2.75) is 20.8 Å². The standard InChI is InChI=1S/C15H12N2O.C2H6/c1-11(18)17-15-9-13(7-8-14(15)10-16)12-5-3-2-4-6-12;1-2/h2-9H,1H3,(H,17,18);1-2H3. The van der Waals surface area contributed by atoms with E-state index in [2.05, 4.69) is 11.4 Å². The van der Waals surface area contributed by atoms with Gasteiger partial charge in [-0.2, -0.15) is 5.26 Å². The zero-order valence-corrected chi connectivity index (χ0v) is 12.0. The number of rotatable bonds is 2. The minimum absolute atomic E-state index is 0.184. The van der Waals surface area contributed by atoms with Gasteiger partial charge in [-0.3, -0.25) is 4.79 Å². The maximum Gasteiger partial charge on any atom is 0.221 e. The number of nitrogens with one attached hydrogen (secondary N) is 1. The molecule has 3 nitrogen and oxygen atoms in total. The van der Waals surface area contributed by atoms with Crippen LogP contribution in [0.1, 0.15) is 26.3 Å². The molecule has 2 aromatic carbocycles. The molecule has 0 aliphatic carbocycles. The van der Waals surface area contributed by atoms with Crippen molar-refractivity contribution in [1.82, 2.24) is 0 Å². The highest BCUT2D eigenvalue weighted by Gasteiger charge is 2.06. The van der Waals surface area contributed by atoms with Crippen LogP contribution in [0.15, 0.2) is 48.5 Å². The average molecular weight is 266 g/mol. The maximum absolute atomic E-state index is 11.1. The Morgan fingerprint density at radius 1 is 1.05 bits per heavy atom. The van der Waals surface area contributed by atoms with Gasteiger partial charge in [0.15, 0.2) is 0 Å². The summed E-state index contributed by atoms with van der Waals surface area (Å²) in [5.74, 6) is -0.184. The molecule has 1 amide bonds. The van der Waals surface area contributed by atoms with Gasteiger partial charge in [-0.25, -0.2) is 0 Å². The molecule has 0 bridgehead atoms. The third-order valence-corrected chi connectivity index (χ3v) is 2.56. The van der Waals surface area contributed by atoms with Crippen molar-refractivity contribution in [3.05, 3.63) is 54.1 Å². The summed E-state index contributed by atoms with van der Waals surface area (Å²) in [7, 11) is 0. The fourth-order valence-electron chi connectivity index (χ4n) is 1.74. The Labute approximate surface area is 119 Å². The van der Waals surface area contributed by atoms with Crippen molar-refractivity contribution in [1.29, 1.82) is 5.26 Å². The number of amides is 1. The van der Waals surface area contributed by atoms with E-state index in [1.165, 1.54) is 6.92 Å². The molecule has 20 heavy (non-hydrogen) atoms. The number of nitrogens with zero attached hydrogens (tertiary/aromatic N) is 1. The van der Waals surface area contributed by atoms with Crippen molar-refractivity contribution in [3.63, 3.8) is 0 Å². The minimum atomic E-state index is -0.184. The molecule has 0 radical (unpaired) electrons. The highest BCUT2D eigenvalue weighted by molar-refractivity contribution is 5.91. The second-order valence-corrected chi connectivity index (χ2v) is 3.92. The summed E-state index contributed by atoms with van der Waals surface area (Å²) in [4.78, 5) is 11.1. The van der Waals surface area contributed by atoms with E-state index < -0.39 is 0 Å². The summed E-state index contributed by atoms with van der Waals surface area (Å²) >= 11 is 0. The molecule has 0 spiro atoms. The molecule has 0 aliphatic heterocycles. The van der Waals surface area contributed by atoms with E-state index in [1.807, 2.05) is 56.3 Å². The molecule has 0 fully saturated rings. The summed E-state index contributed by atoms with van der Waals surface area (Å²) in [5, 5.41) is 11.7. The SMILES string of the molecule is CC.CC(=O)Nc1cc(-c2ccccc2)ccc1C#N. The van der Waals surface area contributed by atoms with Gasteiger partial charge in [-0.15, -0.1) is 0 Å². The fraction of sp³-hybridized carbons (Fsp3) is 0.176. The van der Waals surface area contributed by atoms with E-state index in [1.54, 1.807) is 6.07 Å². The molecule has 102 valence electrons. The van der Waals surface area contributed by atoms with Crippen LogP contribution in [-0.2, 0) is 4.79 Å². The summed E-state index contributed by atoms with van der Waals surface area (Å²) in [6.07, 6.45) is 0. The third kappa shape index (κ3) is 3.96. The molecule has 2 rings (SSSR count). The lowest BCUT2D eigenvalue weighted by Crippen LogP contribution is -2.07. The molecule has 3 heteroatoms. The van der Waals surface area contributed by atoms with E-state index in [4.69, 9.17) is 5.26 Å². The molecule has 0 saturated heterocycles. The maximum atomic E-state index is 11.1. The lowest BCUT2D eigenvalue weighted by molar-refractivity contribution is -0.114. The van der Waals surface area contributed by atoms with Crippen molar-refractivity contribution < 1.29 is 4.79 Å². The van der Waals surface area contributed by atoms with Gasteiger partial charge >= 0.3 is 0 Å². The quantitative estimate of drug-likeness (QED) is 0.885. The smallest absolute Gasteiger partial charge is 0.221 e. The fourth-order valence-corrected chi connectivity index (χ4v) is 1.74. The molecular formula is C17H18N2O. The van der Waals surface area contributed by atoms with Crippen molar-refractivity contribution in [3.8, 4) is 17.2 Å². The topological polar surface area (TPSA) is 52.9 Å². The monoisotopic (exact) mass is 266 g/mol. The van der Waals surface area contributed by atoms with Crippen LogP contribution in [-0.4, -0.2) is 5.91 Å². The molecule has 0 heterocycles. The number of carbonyl (C=O) groups excluding carboxylic acids is 1. The largest absolute Gasteiger partial charge is 0.325 e. The first-order valence-electron chi connectivity index (χ1n) is 6.58. The first-order chi connectivity index (χ1) is 9.70. The van der Waals surface area contributed by atoms with Crippen LogP contribution in [0.2, 0.25) is 0 Å². The van der Waals surface area contributed by atoms with Gasteiger partial charge in [0.25, 0.3) is 0 Å². The second kappa shape index (κ2) is 7.75. The second-order valence-electron chi connectivity index (χ2n) is 3.92. The highest BCUT2D eigenvalue weighted by Crippen LogP contribution is 2.25. The molecular weight excluding hydrogens is 248 g/mol.